The zero-order chi connectivity index (χ0) is 13.5. The fraction of sp³-hybridized carbons (Fsp3) is 0.333. The van der Waals surface area contributed by atoms with Crippen LogP contribution in [0.3, 0.4) is 0 Å². The fourth-order valence-corrected chi connectivity index (χ4v) is 1.45. The lowest BCUT2D eigenvalue weighted by Crippen LogP contribution is -2.35. The van der Waals surface area contributed by atoms with Crippen LogP contribution in [0.1, 0.15) is 18.0 Å². The Balaban J connectivity index is 2.85. The Morgan fingerprint density at radius 1 is 1.39 bits per heavy atom. The topological polar surface area (TPSA) is 81.4 Å². The maximum absolute atomic E-state index is 12.8. The van der Waals surface area contributed by atoms with Gasteiger partial charge in [0.05, 0.1) is 26.1 Å². The van der Waals surface area contributed by atoms with Crippen molar-refractivity contribution in [3.05, 3.63) is 35.6 Å². The van der Waals surface area contributed by atoms with Crippen LogP contribution in [0.4, 0.5) is 4.39 Å². The molecule has 0 spiro atoms. The molecule has 0 aliphatic carbocycles. The average molecular weight is 254 g/mol. The van der Waals surface area contributed by atoms with E-state index in [-0.39, 0.29) is 18.8 Å². The lowest BCUT2D eigenvalue weighted by Gasteiger charge is -2.17. The van der Waals surface area contributed by atoms with E-state index in [9.17, 15) is 14.0 Å². The van der Waals surface area contributed by atoms with Gasteiger partial charge in [-0.15, -0.1) is 0 Å². The SMILES string of the molecule is COC(=O)CC(NC(=O)CN)c1ccc(F)cc1. The second-order valence-corrected chi connectivity index (χ2v) is 3.66. The Morgan fingerprint density at radius 2 is 2.00 bits per heavy atom. The Kier molecular flexibility index (Phi) is 5.26. The summed E-state index contributed by atoms with van der Waals surface area (Å²) in [6.45, 7) is -0.182. The summed E-state index contributed by atoms with van der Waals surface area (Å²) in [7, 11) is 1.26. The lowest BCUT2D eigenvalue weighted by atomic mass is 10.0. The third-order valence-corrected chi connectivity index (χ3v) is 2.39. The first-order valence-corrected chi connectivity index (χ1v) is 5.38. The number of halogens is 1. The molecule has 1 unspecified atom stereocenters. The van der Waals surface area contributed by atoms with Gasteiger partial charge >= 0.3 is 5.97 Å². The van der Waals surface area contributed by atoms with Crippen molar-refractivity contribution in [3.63, 3.8) is 0 Å². The van der Waals surface area contributed by atoms with E-state index in [1.54, 1.807) is 0 Å². The summed E-state index contributed by atoms with van der Waals surface area (Å²) in [5.74, 6) is -1.25. The number of esters is 1. The summed E-state index contributed by atoms with van der Waals surface area (Å²) < 4.78 is 17.4. The van der Waals surface area contributed by atoms with Gasteiger partial charge in [0.2, 0.25) is 5.91 Å². The van der Waals surface area contributed by atoms with E-state index in [1.165, 1.54) is 31.4 Å². The Bertz CT molecular complexity index is 402. The third-order valence-electron chi connectivity index (χ3n) is 2.39. The number of nitrogens with one attached hydrogen (secondary N) is 1. The molecule has 1 rings (SSSR count). The summed E-state index contributed by atoms with van der Waals surface area (Å²) in [6, 6.07) is 4.94. The predicted octanol–water partition coefficient (Wildman–Crippen LogP) is 0.505. The number of ether oxygens (including phenoxy) is 1. The minimum atomic E-state index is -0.575. The molecule has 0 radical (unpaired) electrons. The van der Waals surface area contributed by atoms with Gasteiger partial charge in [0.25, 0.3) is 0 Å². The van der Waals surface area contributed by atoms with Crippen LogP contribution in [0.5, 0.6) is 0 Å². The number of rotatable bonds is 5. The van der Waals surface area contributed by atoms with E-state index >= 15 is 0 Å². The zero-order valence-electron chi connectivity index (χ0n) is 9.98. The van der Waals surface area contributed by atoms with Crippen LogP contribution in [-0.2, 0) is 14.3 Å². The van der Waals surface area contributed by atoms with Crippen molar-refractivity contribution >= 4 is 11.9 Å². The van der Waals surface area contributed by atoms with Gasteiger partial charge in [-0.3, -0.25) is 9.59 Å². The van der Waals surface area contributed by atoms with Crippen LogP contribution >= 0.6 is 0 Å². The maximum Gasteiger partial charge on any atom is 0.307 e. The second-order valence-electron chi connectivity index (χ2n) is 3.66. The predicted molar refractivity (Wildman–Crippen MR) is 63.0 cm³/mol. The minimum Gasteiger partial charge on any atom is -0.469 e. The first kappa shape index (κ1) is 14.1. The third kappa shape index (κ3) is 4.14. The molecule has 0 aromatic heterocycles. The molecule has 1 aromatic rings. The molecule has 0 saturated heterocycles. The highest BCUT2D eigenvalue weighted by Crippen LogP contribution is 2.17. The standard InChI is InChI=1S/C12H15FN2O3/c1-18-12(17)6-10(15-11(16)7-14)8-2-4-9(13)5-3-8/h2-5,10H,6-7,14H2,1H3,(H,15,16). The Morgan fingerprint density at radius 3 is 2.50 bits per heavy atom. The molecule has 1 aromatic carbocycles. The van der Waals surface area contributed by atoms with Gasteiger partial charge < -0.3 is 15.8 Å². The van der Waals surface area contributed by atoms with Crippen molar-refractivity contribution in [2.24, 2.45) is 5.73 Å². The van der Waals surface area contributed by atoms with Crippen LogP contribution in [0.15, 0.2) is 24.3 Å². The Labute approximate surface area is 104 Å². The van der Waals surface area contributed by atoms with Crippen LogP contribution in [0.25, 0.3) is 0 Å². The molecule has 0 aliphatic heterocycles. The number of hydrogen-bond acceptors (Lipinski definition) is 4. The molecular formula is C12H15FN2O3. The van der Waals surface area contributed by atoms with Gasteiger partial charge in [-0.05, 0) is 17.7 Å². The van der Waals surface area contributed by atoms with Gasteiger partial charge in [-0.2, -0.15) is 0 Å². The summed E-state index contributed by atoms with van der Waals surface area (Å²) in [5, 5.41) is 2.58. The van der Waals surface area contributed by atoms with Crippen molar-refractivity contribution in [2.75, 3.05) is 13.7 Å². The van der Waals surface area contributed by atoms with Gasteiger partial charge in [0.1, 0.15) is 5.82 Å². The summed E-state index contributed by atoms with van der Waals surface area (Å²) in [4.78, 5) is 22.5. The molecular weight excluding hydrogens is 239 g/mol. The van der Waals surface area contributed by atoms with E-state index < -0.39 is 17.9 Å². The molecule has 1 atom stereocenters. The number of amides is 1. The highest BCUT2D eigenvalue weighted by molar-refractivity contribution is 5.79. The number of benzene rings is 1. The van der Waals surface area contributed by atoms with Crippen LogP contribution in [0.2, 0.25) is 0 Å². The highest BCUT2D eigenvalue weighted by atomic mass is 19.1. The molecule has 98 valence electrons. The van der Waals surface area contributed by atoms with Crippen LogP contribution in [0, 0.1) is 5.82 Å². The largest absolute Gasteiger partial charge is 0.469 e. The average Bonchev–Trinajstić information content (AvgIpc) is 2.38. The molecule has 0 bridgehead atoms. The van der Waals surface area contributed by atoms with Crippen molar-refractivity contribution in [1.29, 1.82) is 0 Å². The van der Waals surface area contributed by atoms with Crippen molar-refractivity contribution in [1.82, 2.24) is 5.32 Å². The normalized spacial score (nSPS) is 11.7. The number of methoxy groups -OCH3 is 1. The monoisotopic (exact) mass is 254 g/mol. The first-order chi connectivity index (χ1) is 8.56. The fourth-order valence-electron chi connectivity index (χ4n) is 1.45. The van der Waals surface area contributed by atoms with Crippen molar-refractivity contribution in [2.45, 2.75) is 12.5 Å². The molecule has 18 heavy (non-hydrogen) atoms. The molecule has 1 amide bonds. The molecule has 0 saturated carbocycles. The van der Waals surface area contributed by atoms with Gasteiger partial charge in [0.15, 0.2) is 0 Å². The summed E-state index contributed by atoms with van der Waals surface area (Å²) >= 11 is 0. The lowest BCUT2D eigenvalue weighted by molar-refractivity contribution is -0.141. The van der Waals surface area contributed by atoms with Crippen LogP contribution < -0.4 is 11.1 Å². The van der Waals surface area contributed by atoms with Gasteiger partial charge in [-0.25, -0.2) is 4.39 Å². The van der Waals surface area contributed by atoms with Crippen molar-refractivity contribution in [3.8, 4) is 0 Å². The van der Waals surface area contributed by atoms with E-state index in [2.05, 4.69) is 10.1 Å². The molecule has 0 aliphatic rings. The van der Waals surface area contributed by atoms with E-state index in [0.29, 0.717) is 5.56 Å². The van der Waals surface area contributed by atoms with E-state index in [1.807, 2.05) is 0 Å². The molecule has 0 heterocycles. The Hall–Kier alpha value is -1.95. The number of carbonyl (C=O) groups is 2. The summed E-state index contributed by atoms with van der Waals surface area (Å²) in [6.07, 6.45) is -0.0339. The second kappa shape index (κ2) is 6.70. The van der Waals surface area contributed by atoms with Gasteiger partial charge in [-0.1, -0.05) is 12.1 Å². The quantitative estimate of drug-likeness (QED) is 0.750. The first-order valence-electron chi connectivity index (χ1n) is 5.38. The maximum atomic E-state index is 12.8. The number of nitrogens with two attached hydrogens (primary N) is 1. The molecule has 5 nitrogen and oxygen atoms in total. The smallest absolute Gasteiger partial charge is 0.307 e. The zero-order valence-corrected chi connectivity index (χ0v) is 9.98. The number of hydrogen-bond donors (Lipinski definition) is 2. The minimum absolute atomic E-state index is 0.0339. The van der Waals surface area contributed by atoms with E-state index in [0.717, 1.165) is 0 Å². The molecule has 0 fully saturated rings. The van der Waals surface area contributed by atoms with Gasteiger partial charge in [0, 0.05) is 0 Å². The molecule has 3 N–H and O–H groups in total. The number of carbonyl (C=O) groups excluding carboxylic acids is 2. The summed E-state index contributed by atoms with van der Waals surface area (Å²) in [5.41, 5.74) is 5.81. The molecule has 6 heteroatoms. The van der Waals surface area contributed by atoms with Crippen molar-refractivity contribution < 1.29 is 18.7 Å². The highest BCUT2D eigenvalue weighted by Gasteiger charge is 2.18. The van der Waals surface area contributed by atoms with Crippen LogP contribution in [-0.4, -0.2) is 25.5 Å². The van der Waals surface area contributed by atoms with E-state index in [4.69, 9.17) is 5.73 Å².